The minimum Gasteiger partial charge on any atom is -0.437 e. The maximum atomic E-state index is 5.91. The zero-order valence-electron chi connectivity index (χ0n) is 8.95. The number of nitrogen functional groups attached to an aromatic ring is 1. The van der Waals surface area contributed by atoms with Crippen LogP contribution in [0.2, 0.25) is 10.0 Å². The molecule has 0 amide bonds. The van der Waals surface area contributed by atoms with Crippen LogP contribution in [0, 0.1) is 6.92 Å². The van der Waals surface area contributed by atoms with Crippen molar-refractivity contribution in [2.75, 3.05) is 5.73 Å². The van der Waals surface area contributed by atoms with Crippen LogP contribution in [0.15, 0.2) is 24.4 Å². The highest BCUT2D eigenvalue weighted by Crippen LogP contribution is 2.29. The highest BCUT2D eigenvalue weighted by atomic mass is 35.5. The maximum absolute atomic E-state index is 5.91. The van der Waals surface area contributed by atoms with Crippen molar-refractivity contribution >= 4 is 29.2 Å². The SMILES string of the molecule is Cc1cc(Oc2nc(N)ncc2Cl)ccc1Cl. The molecule has 0 aliphatic rings. The lowest BCUT2D eigenvalue weighted by Gasteiger charge is -2.07. The van der Waals surface area contributed by atoms with Gasteiger partial charge in [-0.05, 0) is 30.7 Å². The minimum atomic E-state index is 0.107. The summed E-state index contributed by atoms with van der Waals surface area (Å²) in [6.45, 7) is 1.88. The molecule has 0 saturated heterocycles. The van der Waals surface area contributed by atoms with Crippen LogP contribution < -0.4 is 10.5 Å². The summed E-state index contributed by atoms with van der Waals surface area (Å²) < 4.78 is 5.50. The number of ether oxygens (including phenoxy) is 1. The Kier molecular flexibility index (Phi) is 3.36. The molecule has 0 fully saturated rings. The van der Waals surface area contributed by atoms with E-state index in [9.17, 15) is 0 Å². The zero-order valence-corrected chi connectivity index (χ0v) is 10.5. The molecule has 0 aliphatic heterocycles. The highest BCUT2D eigenvalue weighted by molar-refractivity contribution is 6.32. The van der Waals surface area contributed by atoms with Gasteiger partial charge in [-0.3, -0.25) is 0 Å². The summed E-state index contributed by atoms with van der Waals surface area (Å²) >= 11 is 11.8. The second kappa shape index (κ2) is 4.77. The van der Waals surface area contributed by atoms with Gasteiger partial charge in [-0.15, -0.1) is 0 Å². The fourth-order valence-corrected chi connectivity index (χ4v) is 1.48. The molecule has 2 rings (SSSR count). The first-order valence-corrected chi connectivity index (χ1v) is 5.54. The highest BCUT2D eigenvalue weighted by Gasteiger charge is 2.07. The van der Waals surface area contributed by atoms with Crippen LogP contribution in [-0.4, -0.2) is 9.97 Å². The fraction of sp³-hybridized carbons (Fsp3) is 0.0909. The predicted molar refractivity (Wildman–Crippen MR) is 67.7 cm³/mol. The monoisotopic (exact) mass is 269 g/mol. The Bertz CT molecular complexity index is 560. The van der Waals surface area contributed by atoms with E-state index in [0.29, 0.717) is 15.8 Å². The number of aryl methyl sites for hydroxylation is 1. The van der Waals surface area contributed by atoms with Gasteiger partial charge in [0.25, 0.3) is 0 Å². The van der Waals surface area contributed by atoms with Crippen LogP contribution in [0.4, 0.5) is 5.95 Å². The maximum Gasteiger partial charge on any atom is 0.243 e. The van der Waals surface area contributed by atoms with Gasteiger partial charge in [-0.25, -0.2) is 4.98 Å². The Morgan fingerprint density at radius 1 is 1.24 bits per heavy atom. The molecule has 0 unspecified atom stereocenters. The van der Waals surface area contributed by atoms with E-state index in [4.69, 9.17) is 33.7 Å². The van der Waals surface area contributed by atoms with Gasteiger partial charge in [-0.1, -0.05) is 23.2 Å². The minimum absolute atomic E-state index is 0.107. The number of nitrogens with zero attached hydrogens (tertiary/aromatic N) is 2. The molecule has 0 bridgehead atoms. The van der Waals surface area contributed by atoms with Gasteiger partial charge in [0.05, 0.1) is 6.20 Å². The number of anilines is 1. The van der Waals surface area contributed by atoms with Gasteiger partial charge in [-0.2, -0.15) is 4.98 Å². The molecule has 0 radical (unpaired) electrons. The van der Waals surface area contributed by atoms with Gasteiger partial charge in [0.15, 0.2) is 0 Å². The van der Waals surface area contributed by atoms with E-state index >= 15 is 0 Å². The van der Waals surface area contributed by atoms with E-state index < -0.39 is 0 Å². The van der Waals surface area contributed by atoms with Crippen LogP contribution in [0.25, 0.3) is 0 Å². The molecule has 1 aromatic heterocycles. The number of nitrogens with two attached hydrogens (primary N) is 1. The van der Waals surface area contributed by atoms with Gasteiger partial charge in [0, 0.05) is 5.02 Å². The molecule has 17 heavy (non-hydrogen) atoms. The molecule has 0 atom stereocenters. The molecular formula is C11H9Cl2N3O. The summed E-state index contributed by atoms with van der Waals surface area (Å²) in [7, 11) is 0. The van der Waals surface area contributed by atoms with Crippen molar-refractivity contribution in [1.29, 1.82) is 0 Å². The van der Waals surface area contributed by atoms with Crippen LogP contribution in [0.1, 0.15) is 5.56 Å². The van der Waals surface area contributed by atoms with Crippen molar-refractivity contribution < 1.29 is 4.74 Å². The summed E-state index contributed by atoms with van der Waals surface area (Å²) in [4.78, 5) is 7.65. The summed E-state index contributed by atoms with van der Waals surface area (Å²) in [6.07, 6.45) is 1.39. The molecule has 0 spiro atoms. The molecule has 1 aromatic carbocycles. The van der Waals surface area contributed by atoms with E-state index in [1.165, 1.54) is 6.20 Å². The number of hydrogen-bond acceptors (Lipinski definition) is 4. The van der Waals surface area contributed by atoms with Crippen molar-refractivity contribution in [3.8, 4) is 11.6 Å². The lowest BCUT2D eigenvalue weighted by molar-refractivity contribution is 0.462. The van der Waals surface area contributed by atoms with E-state index in [0.717, 1.165) is 5.56 Å². The number of rotatable bonds is 2. The molecule has 2 N–H and O–H groups in total. The predicted octanol–water partition coefficient (Wildman–Crippen LogP) is 3.47. The smallest absolute Gasteiger partial charge is 0.243 e. The van der Waals surface area contributed by atoms with Crippen molar-refractivity contribution in [2.24, 2.45) is 0 Å². The molecule has 6 heteroatoms. The van der Waals surface area contributed by atoms with Crippen molar-refractivity contribution in [3.05, 3.63) is 40.0 Å². The summed E-state index contributed by atoms with van der Waals surface area (Å²) in [5, 5.41) is 0.970. The lowest BCUT2D eigenvalue weighted by Crippen LogP contribution is -1.97. The third-order valence-electron chi connectivity index (χ3n) is 2.07. The molecule has 4 nitrogen and oxygen atoms in total. The third kappa shape index (κ3) is 2.78. The topological polar surface area (TPSA) is 61.0 Å². The standard InChI is InChI=1S/C11H9Cl2N3O/c1-6-4-7(2-3-8(6)12)17-10-9(13)5-15-11(14)16-10/h2-5H,1H3,(H2,14,15,16). The van der Waals surface area contributed by atoms with Gasteiger partial charge >= 0.3 is 0 Å². The first-order valence-electron chi connectivity index (χ1n) is 4.78. The molecule has 0 aliphatic carbocycles. The van der Waals surface area contributed by atoms with Crippen molar-refractivity contribution in [1.82, 2.24) is 9.97 Å². The molecular weight excluding hydrogens is 261 g/mol. The van der Waals surface area contributed by atoms with E-state index in [-0.39, 0.29) is 11.8 Å². The van der Waals surface area contributed by atoms with Crippen LogP contribution in [-0.2, 0) is 0 Å². The van der Waals surface area contributed by atoms with Gasteiger partial charge in [0.1, 0.15) is 10.8 Å². The van der Waals surface area contributed by atoms with Crippen LogP contribution in [0.3, 0.4) is 0 Å². The summed E-state index contributed by atoms with van der Waals surface area (Å²) in [5.41, 5.74) is 6.36. The second-order valence-corrected chi connectivity index (χ2v) is 4.21. The van der Waals surface area contributed by atoms with E-state index in [1.54, 1.807) is 18.2 Å². The average molecular weight is 270 g/mol. The largest absolute Gasteiger partial charge is 0.437 e. The quantitative estimate of drug-likeness (QED) is 0.907. The van der Waals surface area contributed by atoms with E-state index in [1.807, 2.05) is 6.92 Å². The van der Waals surface area contributed by atoms with Crippen LogP contribution >= 0.6 is 23.2 Å². The first-order chi connectivity index (χ1) is 8.06. The van der Waals surface area contributed by atoms with Crippen LogP contribution in [0.5, 0.6) is 11.6 Å². The molecule has 2 aromatic rings. The number of aromatic nitrogens is 2. The zero-order chi connectivity index (χ0) is 12.4. The number of halogens is 2. The second-order valence-electron chi connectivity index (χ2n) is 3.39. The third-order valence-corrected chi connectivity index (χ3v) is 2.76. The Morgan fingerprint density at radius 2 is 2.00 bits per heavy atom. The number of benzene rings is 1. The Balaban J connectivity index is 2.31. The van der Waals surface area contributed by atoms with Gasteiger partial charge in [0.2, 0.25) is 11.8 Å². The fourth-order valence-electron chi connectivity index (χ4n) is 1.23. The van der Waals surface area contributed by atoms with Crippen molar-refractivity contribution in [2.45, 2.75) is 6.92 Å². The number of hydrogen-bond donors (Lipinski definition) is 1. The Morgan fingerprint density at radius 3 is 2.71 bits per heavy atom. The van der Waals surface area contributed by atoms with Gasteiger partial charge < -0.3 is 10.5 Å². The lowest BCUT2D eigenvalue weighted by atomic mass is 10.2. The normalized spacial score (nSPS) is 10.3. The molecule has 1 heterocycles. The van der Waals surface area contributed by atoms with Crippen molar-refractivity contribution in [3.63, 3.8) is 0 Å². The molecule has 0 saturated carbocycles. The Labute approximate surface area is 108 Å². The molecule has 88 valence electrons. The average Bonchev–Trinajstić information content (AvgIpc) is 2.29. The summed E-state index contributed by atoms with van der Waals surface area (Å²) in [5.74, 6) is 0.919. The summed E-state index contributed by atoms with van der Waals surface area (Å²) in [6, 6.07) is 5.26. The first kappa shape index (κ1) is 12.0. The van der Waals surface area contributed by atoms with E-state index in [2.05, 4.69) is 9.97 Å². The Hall–Kier alpha value is -1.52.